The van der Waals surface area contributed by atoms with Crippen molar-refractivity contribution in [3.05, 3.63) is 35.4 Å². The maximum Gasteiger partial charge on any atom is 0.223 e. The molecule has 2 fully saturated rings. The number of carbonyl (C=O) groups is 2. The molecule has 0 saturated heterocycles. The average Bonchev–Trinajstić information content (AvgIpc) is 3.57. The highest BCUT2D eigenvalue weighted by atomic mass is 16.5. The lowest BCUT2D eigenvalue weighted by Gasteiger charge is -2.36. The van der Waals surface area contributed by atoms with Crippen LogP contribution in [0.5, 0.6) is 0 Å². The fourth-order valence-electron chi connectivity index (χ4n) is 4.05. The van der Waals surface area contributed by atoms with Crippen LogP contribution >= 0.6 is 0 Å². The van der Waals surface area contributed by atoms with E-state index in [-0.39, 0.29) is 35.8 Å². The van der Waals surface area contributed by atoms with Gasteiger partial charge in [-0.2, -0.15) is 0 Å². The highest BCUT2D eigenvalue weighted by molar-refractivity contribution is 5.82. The largest absolute Gasteiger partial charge is 0.376 e. The van der Waals surface area contributed by atoms with Gasteiger partial charge in [-0.1, -0.05) is 36.8 Å². The number of ether oxygens (including phenoxy) is 1. The minimum atomic E-state index is -0.0493. The van der Waals surface area contributed by atoms with Crippen LogP contribution in [0.1, 0.15) is 63.0 Å². The Hall–Kier alpha value is -1.88. The molecule has 29 heavy (non-hydrogen) atoms. The number of nitrogens with one attached hydrogen (secondary N) is 2. The summed E-state index contributed by atoms with van der Waals surface area (Å²) in [5.41, 5.74) is 2.57. The van der Waals surface area contributed by atoms with Crippen molar-refractivity contribution in [1.29, 1.82) is 0 Å². The molecule has 5 nitrogen and oxygen atoms in total. The Kier molecular flexibility index (Phi) is 8.10. The van der Waals surface area contributed by atoms with Crippen LogP contribution < -0.4 is 10.6 Å². The van der Waals surface area contributed by atoms with Gasteiger partial charge in [0.25, 0.3) is 0 Å². The van der Waals surface area contributed by atoms with E-state index in [1.54, 1.807) is 0 Å². The SMILES string of the molecule is CCCO[C@@H]1CC[C@H](C(=O)NCCCc2ccc(C)cc2)C[C@H]1NC(=O)C1CC1. The topological polar surface area (TPSA) is 67.4 Å². The molecule has 1 aromatic carbocycles. The van der Waals surface area contributed by atoms with Crippen LogP contribution in [0.15, 0.2) is 24.3 Å². The summed E-state index contributed by atoms with van der Waals surface area (Å²) in [6.45, 7) is 5.58. The maximum absolute atomic E-state index is 12.7. The molecule has 0 bridgehead atoms. The lowest BCUT2D eigenvalue weighted by atomic mass is 9.83. The highest BCUT2D eigenvalue weighted by Crippen LogP contribution is 2.31. The predicted octanol–water partition coefficient (Wildman–Crippen LogP) is 3.53. The van der Waals surface area contributed by atoms with Gasteiger partial charge in [0.1, 0.15) is 0 Å². The molecule has 2 amide bonds. The lowest BCUT2D eigenvalue weighted by molar-refractivity contribution is -0.130. The fourth-order valence-corrected chi connectivity index (χ4v) is 4.05. The normalized spacial score (nSPS) is 24.1. The van der Waals surface area contributed by atoms with Gasteiger partial charge in [0.2, 0.25) is 11.8 Å². The summed E-state index contributed by atoms with van der Waals surface area (Å²) in [5, 5.41) is 6.28. The minimum Gasteiger partial charge on any atom is -0.376 e. The van der Waals surface area contributed by atoms with E-state index in [0.29, 0.717) is 19.6 Å². The Morgan fingerprint density at radius 1 is 1.03 bits per heavy atom. The van der Waals surface area contributed by atoms with E-state index in [9.17, 15) is 9.59 Å². The van der Waals surface area contributed by atoms with Crippen LogP contribution in [0.2, 0.25) is 0 Å². The molecule has 160 valence electrons. The number of hydrogen-bond acceptors (Lipinski definition) is 3. The summed E-state index contributed by atoms with van der Waals surface area (Å²) in [6.07, 6.45) is 7.22. The summed E-state index contributed by atoms with van der Waals surface area (Å²) in [5.74, 6) is 0.394. The molecule has 2 N–H and O–H groups in total. The van der Waals surface area contributed by atoms with E-state index >= 15 is 0 Å². The van der Waals surface area contributed by atoms with Crippen LogP contribution in [0.3, 0.4) is 0 Å². The van der Waals surface area contributed by atoms with E-state index in [0.717, 1.165) is 44.9 Å². The zero-order chi connectivity index (χ0) is 20.6. The molecule has 0 aromatic heterocycles. The predicted molar refractivity (Wildman–Crippen MR) is 115 cm³/mol. The van der Waals surface area contributed by atoms with E-state index in [4.69, 9.17) is 4.74 Å². The zero-order valence-corrected chi connectivity index (χ0v) is 17.9. The third-order valence-corrected chi connectivity index (χ3v) is 6.03. The van der Waals surface area contributed by atoms with Crippen molar-refractivity contribution in [2.75, 3.05) is 13.2 Å². The van der Waals surface area contributed by atoms with Crippen molar-refractivity contribution >= 4 is 11.8 Å². The Morgan fingerprint density at radius 3 is 2.45 bits per heavy atom. The Bertz CT molecular complexity index is 669. The van der Waals surface area contributed by atoms with Gasteiger partial charge in [-0.15, -0.1) is 0 Å². The second kappa shape index (κ2) is 10.8. The first kappa shape index (κ1) is 21.8. The van der Waals surface area contributed by atoms with Crippen molar-refractivity contribution in [2.24, 2.45) is 11.8 Å². The lowest BCUT2D eigenvalue weighted by Crippen LogP contribution is -2.51. The van der Waals surface area contributed by atoms with Crippen molar-refractivity contribution in [1.82, 2.24) is 10.6 Å². The number of benzene rings is 1. The molecule has 1 aromatic rings. The van der Waals surface area contributed by atoms with Crippen LogP contribution in [-0.4, -0.2) is 37.1 Å². The van der Waals surface area contributed by atoms with Crippen LogP contribution in [0.4, 0.5) is 0 Å². The Balaban J connectivity index is 1.44. The molecular formula is C24H36N2O3. The second-order valence-corrected chi connectivity index (χ2v) is 8.69. The van der Waals surface area contributed by atoms with Crippen LogP contribution in [0.25, 0.3) is 0 Å². The monoisotopic (exact) mass is 400 g/mol. The third kappa shape index (κ3) is 6.84. The first-order valence-electron chi connectivity index (χ1n) is 11.3. The molecule has 0 aliphatic heterocycles. The average molecular weight is 401 g/mol. The molecule has 0 spiro atoms. The molecule has 2 aliphatic rings. The molecule has 2 aliphatic carbocycles. The standard InChI is InChI=1S/C24H36N2O3/c1-3-15-29-22-13-12-20(16-21(22)26-24(28)19-10-11-19)23(27)25-14-4-5-18-8-6-17(2)7-9-18/h6-9,19-22H,3-5,10-16H2,1-2H3,(H,25,27)(H,26,28)/t20-,21+,22+/m0/s1. The molecule has 0 heterocycles. The van der Waals surface area contributed by atoms with E-state index in [1.165, 1.54) is 11.1 Å². The molecule has 2 saturated carbocycles. The van der Waals surface area contributed by atoms with E-state index in [2.05, 4.69) is 48.7 Å². The van der Waals surface area contributed by atoms with E-state index in [1.807, 2.05) is 0 Å². The smallest absolute Gasteiger partial charge is 0.223 e. The number of rotatable bonds is 10. The summed E-state index contributed by atoms with van der Waals surface area (Å²) >= 11 is 0. The number of amides is 2. The minimum absolute atomic E-state index is 0.0308. The van der Waals surface area contributed by atoms with Gasteiger partial charge in [-0.25, -0.2) is 0 Å². The van der Waals surface area contributed by atoms with Gasteiger partial charge < -0.3 is 15.4 Å². The number of hydrogen-bond donors (Lipinski definition) is 2. The molecule has 3 atom stereocenters. The van der Waals surface area contributed by atoms with Crippen molar-refractivity contribution in [2.45, 2.75) is 77.4 Å². The highest BCUT2D eigenvalue weighted by Gasteiger charge is 2.38. The van der Waals surface area contributed by atoms with Gasteiger partial charge in [0.05, 0.1) is 12.1 Å². The summed E-state index contributed by atoms with van der Waals surface area (Å²) in [4.78, 5) is 25.0. The zero-order valence-electron chi connectivity index (χ0n) is 17.9. The van der Waals surface area contributed by atoms with Gasteiger partial charge in [0, 0.05) is 25.0 Å². The summed E-state index contributed by atoms with van der Waals surface area (Å²) < 4.78 is 5.98. The van der Waals surface area contributed by atoms with Gasteiger partial charge >= 0.3 is 0 Å². The van der Waals surface area contributed by atoms with E-state index < -0.39 is 0 Å². The summed E-state index contributed by atoms with van der Waals surface area (Å²) in [7, 11) is 0. The molecule has 0 radical (unpaired) electrons. The van der Waals surface area contributed by atoms with Gasteiger partial charge in [0.15, 0.2) is 0 Å². The fraction of sp³-hybridized carbons (Fsp3) is 0.667. The van der Waals surface area contributed by atoms with Crippen molar-refractivity contribution in [3.63, 3.8) is 0 Å². The molecule has 3 rings (SSSR count). The Labute approximate surface area is 175 Å². The maximum atomic E-state index is 12.7. The summed E-state index contributed by atoms with van der Waals surface area (Å²) in [6, 6.07) is 8.52. The number of aryl methyl sites for hydroxylation is 2. The quantitative estimate of drug-likeness (QED) is 0.591. The van der Waals surface area contributed by atoms with Crippen molar-refractivity contribution < 1.29 is 14.3 Å². The molecule has 0 unspecified atom stereocenters. The first-order valence-corrected chi connectivity index (χ1v) is 11.3. The van der Waals surface area contributed by atoms with Crippen molar-refractivity contribution in [3.8, 4) is 0 Å². The van der Waals surface area contributed by atoms with Gasteiger partial charge in [-0.05, 0) is 63.9 Å². The second-order valence-electron chi connectivity index (χ2n) is 8.69. The van der Waals surface area contributed by atoms with Gasteiger partial charge in [-0.3, -0.25) is 9.59 Å². The first-order chi connectivity index (χ1) is 14.1. The number of carbonyl (C=O) groups excluding carboxylic acids is 2. The third-order valence-electron chi connectivity index (χ3n) is 6.03. The Morgan fingerprint density at radius 2 is 1.76 bits per heavy atom. The molecule has 5 heteroatoms. The molecular weight excluding hydrogens is 364 g/mol. The van der Waals surface area contributed by atoms with Crippen LogP contribution in [-0.2, 0) is 20.7 Å². The van der Waals surface area contributed by atoms with Crippen LogP contribution in [0, 0.1) is 18.8 Å².